The van der Waals surface area contributed by atoms with Crippen LogP contribution in [0.3, 0.4) is 0 Å². The lowest BCUT2D eigenvalue weighted by Gasteiger charge is -2.37. The van der Waals surface area contributed by atoms with Crippen LogP contribution >= 0.6 is 0 Å². The lowest BCUT2D eigenvalue weighted by atomic mass is 9.69. The highest BCUT2D eigenvalue weighted by Crippen LogP contribution is 2.49. The van der Waals surface area contributed by atoms with E-state index in [1.54, 1.807) is 18.2 Å². The third-order valence-electron chi connectivity index (χ3n) is 4.43. The number of carbonyl (C=O) groups excluding carboxylic acids is 1. The Bertz CT molecular complexity index is 641. The molecule has 26 heavy (non-hydrogen) atoms. The first-order valence-electron chi connectivity index (χ1n) is 8.93. The molecule has 3 rings (SSSR count). The molecule has 2 aliphatic carbocycles. The minimum absolute atomic E-state index is 0.000447. The SMILES string of the molecule is CC.CNC.COC1=CC2CC(=O)c3ccc(OC)c(O)c3C2CC1O. The van der Waals surface area contributed by atoms with Crippen LogP contribution in [0, 0.1) is 5.92 Å². The summed E-state index contributed by atoms with van der Waals surface area (Å²) < 4.78 is 10.3. The monoisotopic (exact) mass is 365 g/mol. The molecule has 1 aromatic rings. The van der Waals surface area contributed by atoms with Gasteiger partial charge in [-0.2, -0.15) is 0 Å². The number of rotatable bonds is 2. The molecule has 0 heterocycles. The second kappa shape index (κ2) is 10.2. The molecule has 3 atom stereocenters. The first-order valence-corrected chi connectivity index (χ1v) is 8.93. The molecule has 3 unspecified atom stereocenters. The highest BCUT2D eigenvalue weighted by Gasteiger charge is 2.40. The fourth-order valence-corrected chi connectivity index (χ4v) is 3.40. The van der Waals surface area contributed by atoms with Crippen LogP contribution in [0.1, 0.15) is 48.5 Å². The number of hydrogen-bond acceptors (Lipinski definition) is 6. The van der Waals surface area contributed by atoms with Gasteiger partial charge in [0.15, 0.2) is 17.3 Å². The molecule has 0 radical (unpaired) electrons. The van der Waals surface area contributed by atoms with E-state index in [1.807, 2.05) is 27.9 Å². The molecule has 0 bridgehead atoms. The predicted molar refractivity (Wildman–Crippen MR) is 102 cm³/mol. The van der Waals surface area contributed by atoms with E-state index >= 15 is 0 Å². The van der Waals surface area contributed by atoms with Crippen LogP contribution in [0.5, 0.6) is 11.5 Å². The molecule has 0 saturated carbocycles. The Kier molecular flexibility index (Phi) is 8.61. The number of aromatic hydroxyl groups is 1. The number of benzene rings is 1. The van der Waals surface area contributed by atoms with E-state index in [9.17, 15) is 15.0 Å². The van der Waals surface area contributed by atoms with Crippen molar-refractivity contribution >= 4 is 5.78 Å². The minimum atomic E-state index is -0.720. The fourth-order valence-electron chi connectivity index (χ4n) is 3.40. The number of phenols is 1. The van der Waals surface area contributed by atoms with E-state index in [2.05, 4.69) is 5.32 Å². The van der Waals surface area contributed by atoms with Gasteiger partial charge in [0.2, 0.25) is 0 Å². The number of ether oxygens (including phenoxy) is 2. The molecule has 2 aliphatic rings. The van der Waals surface area contributed by atoms with Gasteiger partial charge in [-0.1, -0.05) is 13.8 Å². The number of Topliss-reactive ketones (excluding diaryl/α,β-unsaturated/α-hetero) is 1. The molecule has 0 amide bonds. The molecule has 3 N–H and O–H groups in total. The number of fused-ring (bicyclic) bond motifs is 3. The van der Waals surface area contributed by atoms with Gasteiger partial charge in [-0.05, 0) is 50.6 Å². The summed E-state index contributed by atoms with van der Waals surface area (Å²) in [6, 6.07) is 3.29. The number of allylic oxidation sites excluding steroid dienone is 1. The van der Waals surface area contributed by atoms with Crippen molar-refractivity contribution in [1.82, 2.24) is 5.32 Å². The molecule has 146 valence electrons. The van der Waals surface area contributed by atoms with Gasteiger partial charge in [0.25, 0.3) is 0 Å². The maximum atomic E-state index is 12.3. The topological polar surface area (TPSA) is 88.0 Å². The van der Waals surface area contributed by atoms with Crippen LogP contribution in [0.2, 0.25) is 0 Å². The lowest BCUT2D eigenvalue weighted by Crippen LogP contribution is -2.32. The van der Waals surface area contributed by atoms with Crippen LogP contribution < -0.4 is 10.1 Å². The molecule has 6 heteroatoms. The van der Waals surface area contributed by atoms with Gasteiger partial charge in [0.1, 0.15) is 11.9 Å². The van der Waals surface area contributed by atoms with Crippen molar-refractivity contribution in [2.24, 2.45) is 5.92 Å². The van der Waals surface area contributed by atoms with Crippen LogP contribution in [0.15, 0.2) is 24.0 Å². The summed E-state index contributed by atoms with van der Waals surface area (Å²) in [6.07, 6.45) is 1.87. The minimum Gasteiger partial charge on any atom is -0.504 e. The normalized spacial score (nSPS) is 23.1. The van der Waals surface area contributed by atoms with Crippen LogP contribution in [-0.4, -0.2) is 50.4 Å². The van der Waals surface area contributed by atoms with Crippen molar-refractivity contribution in [2.45, 2.75) is 38.7 Å². The molecule has 1 aromatic carbocycles. The van der Waals surface area contributed by atoms with E-state index in [0.717, 1.165) is 0 Å². The van der Waals surface area contributed by atoms with Crippen molar-refractivity contribution in [1.29, 1.82) is 0 Å². The zero-order valence-electron chi connectivity index (χ0n) is 16.5. The zero-order valence-corrected chi connectivity index (χ0v) is 16.5. The van der Waals surface area contributed by atoms with E-state index in [-0.39, 0.29) is 23.4 Å². The number of methoxy groups -OCH3 is 2. The van der Waals surface area contributed by atoms with Crippen LogP contribution in [0.25, 0.3) is 0 Å². The van der Waals surface area contributed by atoms with Gasteiger partial charge in [0, 0.05) is 17.5 Å². The Balaban J connectivity index is 0.000000615. The number of carbonyl (C=O) groups is 1. The van der Waals surface area contributed by atoms with Gasteiger partial charge < -0.3 is 25.0 Å². The van der Waals surface area contributed by atoms with Gasteiger partial charge in [-0.25, -0.2) is 0 Å². The Labute approximate surface area is 155 Å². The van der Waals surface area contributed by atoms with Gasteiger partial charge in [0.05, 0.1) is 14.2 Å². The number of aliphatic hydroxyl groups excluding tert-OH is 1. The molecule has 0 spiro atoms. The highest BCUT2D eigenvalue weighted by atomic mass is 16.5. The summed E-state index contributed by atoms with van der Waals surface area (Å²) in [6.45, 7) is 4.00. The number of hydrogen-bond donors (Lipinski definition) is 3. The lowest BCUT2D eigenvalue weighted by molar-refractivity contribution is 0.0817. The smallest absolute Gasteiger partial charge is 0.163 e. The van der Waals surface area contributed by atoms with Gasteiger partial charge >= 0.3 is 0 Å². The summed E-state index contributed by atoms with van der Waals surface area (Å²) in [5, 5.41) is 23.3. The number of phenolic OH excluding ortho intramolecular Hbond substituents is 1. The predicted octanol–water partition coefficient (Wildman–Crippen LogP) is 2.84. The Hall–Kier alpha value is -2.05. The number of ketones is 1. The van der Waals surface area contributed by atoms with E-state index in [4.69, 9.17) is 9.47 Å². The van der Waals surface area contributed by atoms with Gasteiger partial charge in [-0.3, -0.25) is 4.79 Å². The summed E-state index contributed by atoms with van der Waals surface area (Å²) in [7, 11) is 6.73. The maximum absolute atomic E-state index is 12.3. The highest BCUT2D eigenvalue weighted by molar-refractivity contribution is 6.00. The van der Waals surface area contributed by atoms with Crippen molar-refractivity contribution in [3.05, 3.63) is 35.1 Å². The van der Waals surface area contributed by atoms with E-state index < -0.39 is 6.10 Å². The van der Waals surface area contributed by atoms with Crippen molar-refractivity contribution < 1.29 is 24.5 Å². The average molecular weight is 365 g/mol. The van der Waals surface area contributed by atoms with E-state index in [1.165, 1.54) is 14.2 Å². The third-order valence-corrected chi connectivity index (χ3v) is 4.43. The second-order valence-electron chi connectivity index (χ2n) is 6.00. The Morgan fingerprint density at radius 3 is 2.31 bits per heavy atom. The second-order valence-corrected chi connectivity index (χ2v) is 6.00. The molecule has 0 aliphatic heterocycles. The Morgan fingerprint density at radius 2 is 1.77 bits per heavy atom. The zero-order chi connectivity index (χ0) is 19.9. The molecular weight excluding hydrogens is 334 g/mol. The quantitative estimate of drug-likeness (QED) is 0.747. The summed E-state index contributed by atoms with van der Waals surface area (Å²) >= 11 is 0. The summed E-state index contributed by atoms with van der Waals surface area (Å²) in [5.74, 6) is 0.656. The number of aliphatic hydroxyl groups is 1. The fraction of sp³-hybridized carbons (Fsp3) is 0.550. The molecule has 0 saturated heterocycles. The summed E-state index contributed by atoms with van der Waals surface area (Å²) in [5.41, 5.74) is 1.11. The maximum Gasteiger partial charge on any atom is 0.163 e. The summed E-state index contributed by atoms with van der Waals surface area (Å²) in [4.78, 5) is 12.3. The van der Waals surface area contributed by atoms with Crippen molar-refractivity contribution in [3.63, 3.8) is 0 Å². The standard InChI is InChI=1S/C16H18O5.C2H7N.C2H6/c1-20-13-4-3-9-11(17)5-8-6-14(21-2)12(18)7-10(8)15(9)16(13)19;1-3-2;1-2/h3-4,6,8,10,12,18-19H,5,7H2,1-2H3;3H,1-2H3;1-2H3. The average Bonchev–Trinajstić information content (AvgIpc) is 2.64. The van der Waals surface area contributed by atoms with E-state index in [0.29, 0.717) is 35.5 Å². The van der Waals surface area contributed by atoms with Crippen LogP contribution in [-0.2, 0) is 4.74 Å². The van der Waals surface area contributed by atoms with Crippen molar-refractivity contribution in [2.75, 3.05) is 28.3 Å². The first-order chi connectivity index (χ1) is 12.5. The number of nitrogens with one attached hydrogen (secondary N) is 1. The largest absolute Gasteiger partial charge is 0.504 e. The van der Waals surface area contributed by atoms with Crippen LogP contribution in [0.4, 0.5) is 0 Å². The molecule has 0 aromatic heterocycles. The third kappa shape index (κ3) is 4.37. The Morgan fingerprint density at radius 1 is 1.15 bits per heavy atom. The molecule has 0 fully saturated rings. The molecule has 6 nitrogen and oxygen atoms in total. The van der Waals surface area contributed by atoms with Crippen molar-refractivity contribution in [3.8, 4) is 11.5 Å². The molecular formula is C20H31NO5. The van der Waals surface area contributed by atoms with Gasteiger partial charge in [-0.15, -0.1) is 0 Å². The first kappa shape index (κ1) is 22.0.